The standard InChI is InChI=1S/C21H23F2N5O2/c1-2-17(29)28-8-12-13(9-28)18(12)15-6-14(26-20(27-15)10-3-4-10)11-5-16(30-21(22)23)19(24)25-7-11/h5-7,10,12-13,18,21H,2-4,8-9H2,1H3,(H2,24,25)/t12-,13+,18+. The molecular weight excluding hydrogens is 392 g/mol. The third kappa shape index (κ3) is 3.46. The molecule has 2 saturated carbocycles. The van der Waals surface area contributed by atoms with Gasteiger partial charge >= 0.3 is 6.61 Å². The molecule has 9 heteroatoms. The number of rotatable bonds is 6. The Bertz CT molecular complexity index is 985. The lowest BCUT2D eigenvalue weighted by atomic mass is 10.1. The molecule has 3 fully saturated rings. The van der Waals surface area contributed by atoms with E-state index in [0.29, 0.717) is 41.3 Å². The number of aromatic nitrogens is 3. The number of nitrogen functional groups attached to an aromatic ring is 1. The fraction of sp³-hybridized carbons (Fsp3) is 0.524. The van der Waals surface area contributed by atoms with Gasteiger partial charge in [-0.05, 0) is 36.8 Å². The van der Waals surface area contributed by atoms with Gasteiger partial charge in [0, 0.05) is 48.8 Å². The van der Waals surface area contributed by atoms with E-state index in [4.69, 9.17) is 10.7 Å². The molecule has 3 heterocycles. The van der Waals surface area contributed by atoms with Crippen LogP contribution in [0.1, 0.15) is 49.5 Å². The van der Waals surface area contributed by atoms with Gasteiger partial charge in [-0.1, -0.05) is 6.92 Å². The first-order valence-electron chi connectivity index (χ1n) is 10.3. The fourth-order valence-corrected chi connectivity index (χ4v) is 4.51. The summed E-state index contributed by atoms with van der Waals surface area (Å²) in [6.07, 6.45) is 4.16. The van der Waals surface area contributed by atoms with Gasteiger partial charge in [-0.15, -0.1) is 0 Å². The van der Waals surface area contributed by atoms with Gasteiger partial charge < -0.3 is 15.4 Å². The van der Waals surface area contributed by atoms with E-state index in [-0.39, 0.29) is 17.5 Å². The van der Waals surface area contributed by atoms with Crippen LogP contribution >= 0.6 is 0 Å². The zero-order chi connectivity index (χ0) is 21.0. The minimum atomic E-state index is -2.98. The summed E-state index contributed by atoms with van der Waals surface area (Å²) in [7, 11) is 0. The van der Waals surface area contributed by atoms with Crippen molar-refractivity contribution in [2.75, 3.05) is 18.8 Å². The van der Waals surface area contributed by atoms with Crippen LogP contribution in [0.25, 0.3) is 11.3 Å². The van der Waals surface area contributed by atoms with Crippen molar-refractivity contribution in [1.82, 2.24) is 19.9 Å². The summed E-state index contributed by atoms with van der Waals surface area (Å²) < 4.78 is 29.8. The zero-order valence-corrected chi connectivity index (χ0v) is 16.6. The smallest absolute Gasteiger partial charge is 0.387 e. The minimum absolute atomic E-state index is 0.0897. The molecule has 0 bridgehead atoms. The van der Waals surface area contributed by atoms with E-state index in [1.807, 2.05) is 17.9 Å². The van der Waals surface area contributed by atoms with Crippen molar-refractivity contribution in [1.29, 1.82) is 0 Å². The third-order valence-electron chi connectivity index (χ3n) is 6.29. The average Bonchev–Trinajstić information content (AvgIpc) is 3.65. The van der Waals surface area contributed by atoms with E-state index < -0.39 is 6.61 Å². The summed E-state index contributed by atoms with van der Waals surface area (Å²) in [5, 5.41) is 0. The lowest BCUT2D eigenvalue weighted by molar-refractivity contribution is -0.130. The Hall–Kier alpha value is -2.84. The molecule has 0 unspecified atom stereocenters. The number of halogens is 2. The number of hydrogen-bond donors (Lipinski definition) is 1. The number of nitrogens with two attached hydrogens (primary N) is 1. The average molecular weight is 415 g/mol. The van der Waals surface area contributed by atoms with Crippen molar-refractivity contribution in [3.8, 4) is 17.0 Å². The van der Waals surface area contributed by atoms with Gasteiger partial charge in [0.1, 0.15) is 5.82 Å². The molecule has 2 aromatic rings. The Morgan fingerprint density at radius 1 is 1.27 bits per heavy atom. The van der Waals surface area contributed by atoms with Gasteiger partial charge in [-0.2, -0.15) is 8.78 Å². The van der Waals surface area contributed by atoms with Crippen molar-refractivity contribution in [2.45, 2.75) is 44.6 Å². The molecule has 3 aliphatic rings. The number of anilines is 1. The lowest BCUT2D eigenvalue weighted by Crippen LogP contribution is -2.30. The SMILES string of the molecule is CCC(=O)N1C[C@@H]2[C@H](C1)[C@H]2c1cc(-c2cnc(N)c(OC(F)F)c2)nc(C2CC2)n1. The monoisotopic (exact) mass is 415 g/mol. The Labute approximate surface area is 172 Å². The number of piperidine rings is 1. The number of ether oxygens (including phenoxy) is 1. The quantitative estimate of drug-likeness (QED) is 0.779. The molecule has 1 saturated heterocycles. The van der Waals surface area contributed by atoms with Crippen LogP contribution in [-0.4, -0.2) is 45.5 Å². The molecule has 0 radical (unpaired) electrons. The van der Waals surface area contributed by atoms with Crippen molar-refractivity contribution in [2.24, 2.45) is 11.8 Å². The number of nitrogens with zero attached hydrogens (tertiary/aromatic N) is 4. The van der Waals surface area contributed by atoms with E-state index in [1.165, 1.54) is 12.3 Å². The third-order valence-corrected chi connectivity index (χ3v) is 6.29. The Kier molecular flexibility index (Phi) is 4.56. The molecular formula is C21H23F2N5O2. The van der Waals surface area contributed by atoms with Gasteiger partial charge in [-0.25, -0.2) is 15.0 Å². The summed E-state index contributed by atoms with van der Waals surface area (Å²) in [5.74, 6) is 2.25. The lowest BCUT2D eigenvalue weighted by Gasteiger charge is -2.19. The second-order valence-electron chi connectivity index (χ2n) is 8.30. The summed E-state index contributed by atoms with van der Waals surface area (Å²) in [6.45, 7) is 0.452. The molecule has 1 aliphatic heterocycles. The largest absolute Gasteiger partial charge is 0.431 e. The maximum Gasteiger partial charge on any atom is 0.387 e. The number of pyridine rings is 1. The summed E-state index contributed by atoms with van der Waals surface area (Å²) in [6, 6.07) is 3.37. The predicted octanol–water partition coefficient (Wildman–Crippen LogP) is 3.18. The molecule has 2 aliphatic carbocycles. The highest BCUT2D eigenvalue weighted by atomic mass is 19.3. The molecule has 2 N–H and O–H groups in total. The normalized spacial score (nSPS) is 24.8. The Morgan fingerprint density at radius 3 is 2.63 bits per heavy atom. The van der Waals surface area contributed by atoms with Gasteiger partial charge in [-0.3, -0.25) is 4.79 Å². The summed E-state index contributed by atoms with van der Waals surface area (Å²) in [4.78, 5) is 27.4. The molecule has 158 valence electrons. The van der Waals surface area contributed by atoms with Gasteiger partial charge in [0.25, 0.3) is 0 Å². The van der Waals surface area contributed by atoms with Crippen molar-refractivity contribution < 1.29 is 18.3 Å². The molecule has 30 heavy (non-hydrogen) atoms. The number of hydrogen-bond acceptors (Lipinski definition) is 6. The Balaban J connectivity index is 1.44. The van der Waals surface area contributed by atoms with Crippen molar-refractivity contribution in [3.05, 3.63) is 29.8 Å². The first-order chi connectivity index (χ1) is 14.4. The first-order valence-corrected chi connectivity index (χ1v) is 10.3. The van der Waals surface area contributed by atoms with Crippen LogP contribution in [0, 0.1) is 11.8 Å². The van der Waals surface area contributed by atoms with Crippen LogP contribution in [0.15, 0.2) is 18.3 Å². The number of likely N-dealkylation sites (tertiary alicyclic amines) is 1. The van der Waals surface area contributed by atoms with E-state index in [9.17, 15) is 13.6 Å². The van der Waals surface area contributed by atoms with Crippen molar-refractivity contribution in [3.63, 3.8) is 0 Å². The molecule has 1 amide bonds. The molecule has 2 aromatic heterocycles. The highest BCUT2D eigenvalue weighted by molar-refractivity contribution is 5.76. The summed E-state index contributed by atoms with van der Waals surface area (Å²) in [5.41, 5.74) is 7.84. The van der Waals surface area contributed by atoms with Crippen LogP contribution in [0.5, 0.6) is 5.75 Å². The van der Waals surface area contributed by atoms with Crippen LogP contribution in [-0.2, 0) is 4.79 Å². The number of amides is 1. The molecule has 7 nitrogen and oxygen atoms in total. The highest BCUT2D eigenvalue weighted by Gasteiger charge is 2.58. The van der Waals surface area contributed by atoms with Crippen LogP contribution in [0.3, 0.4) is 0 Å². The zero-order valence-electron chi connectivity index (χ0n) is 16.6. The maximum absolute atomic E-state index is 12.7. The second-order valence-corrected chi connectivity index (χ2v) is 8.30. The Morgan fingerprint density at radius 2 is 2.00 bits per heavy atom. The number of carbonyl (C=O) groups excluding carboxylic acids is 1. The van der Waals surface area contributed by atoms with E-state index in [1.54, 1.807) is 0 Å². The molecule has 3 atom stereocenters. The van der Waals surface area contributed by atoms with Crippen LogP contribution in [0.2, 0.25) is 0 Å². The fourth-order valence-electron chi connectivity index (χ4n) is 4.51. The number of carbonyl (C=O) groups is 1. The molecule has 0 spiro atoms. The van der Waals surface area contributed by atoms with Crippen LogP contribution < -0.4 is 10.5 Å². The highest BCUT2D eigenvalue weighted by Crippen LogP contribution is 2.58. The molecule has 5 rings (SSSR count). The van der Waals surface area contributed by atoms with Gasteiger partial charge in [0.2, 0.25) is 5.91 Å². The van der Waals surface area contributed by atoms with E-state index in [2.05, 4.69) is 14.7 Å². The van der Waals surface area contributed by atoms with Crippen LogP contribution in [0.4, 0.5) is 14.6 Å². The van der Waals surface area contributed by atoms with Gasteiger partial charge in [0.15, 0.2) is 11.6 Å². The minimum Gasteiger partial charge on any atom is -0.431 e. The maximum atomic E-state index is 12.7. The number of alkyl halides is 2. The van der Waals surface area contributed by atoms with E-state index in [0.717, 1.165) is 37.4 Å². The topological polar surface area (TPSA) is 94.2 Å². The first kappa shape index (κ1) is 19.1. The van der Waals surface area contributed by atoms with Crippen molar-refractivity contribution >= 4 is 11.7 Å². The number of fused-ring (bicyclic) bond motifs is 1. The predicted molar refractivity (Wildman–Crippen MR) is 105 cm³/mol. The second kappa shape index (κ2) is 7.14. The summed E-state index contributed by atoms with van der Waals surface area (Å²) >= 11 is 0. The molecule has 0 aromatic carbocycles. The van der Waals surface area contributed by atoms with E-state index >= 15 is 0 Å². The van der Waals surface area contributed by atoms with Gasteiger partial charge in [0.05, 0.1) is 5.69 Å².